The van der Waals surface area contributed by atoms with E-state index in [1.165, 1.54) is 12.1 Å². The normalized spacial score (nSPS) is 10.6. The topological polar surface area (TPSA) is 29.9 Å². The molecule has 1 aromatic carbocycles. The first-order chi connectivity index (χ1) is 8.72. The second-order valence-corrected chi connectivity index (χ2v) is 4.33. The van der Waals surface area contributed by atoms with Gasteiger partial charge in [0.05, 0.1) is 5.69 Å². The number of nitrogens with one attached hydrogen (secondary N) is 1. The Balaban J connectivity index is 2.27. The lowest BCUT2D eigenvalue weighted by Crippen LogP contribution is -2.08. The molecule has 1 N–H and O–H groups in total. The van der Waals surface area contributed by atoms with Crippen LogP contribution in [0.4, 0.5) is 10.3 Å². The molecule has 0 atom stereocenters. The van der Waals surface area contributed by atoms with Crippen LogP contribution in [0, 0.1) is 12.7 Å². The van der Waals surface area contributed by atoms with Crippen LogP contribution < -0.4 is 5.32 Å². The van der Waals surface area contributed by atoms with Crippen molar-refractivity contribution < 1.29 is 4.39 Å². The van der Waals surface area contributed by atoms with Crippen molar-refractivity contribution >= 4 is 5.95 Å². The fraction of sp³-hybridized carbons (Fsp3) is 0.357. The van der Waals surface area contributed by atoms with Gasteiger partial charge in [0.1, 0.15) is 5.82 Å². The van der Waals surface area contributed by atoms with Crippen LogP contribution in [0.15, 0.2) is 30.6 Å². The number of anilines is 1. The third-order valence-corrected chi connectivity index (χ3v) is 2.88. The van der Waals surface area contributed by atoms with Crippen molar-refractivity contribution in [3.05, 3.63) is 42.0 Å². The first kappa shape index (κ1) is 12.6. The van der Waals surface area contributed by atoms with E-state index in [1.54, 1.807) is 12.3 Å². The first-order valence-electron chi connectivity index (χ1n) is 6.26. The Morgan fingerprint density at radius 2 is 2.22 bits per heavy atom. The summed E-state index contributed by atoms with van der Waals surface area (Å²) in [6.45, 7) is 4.98. The van der Waals surface area contributed by atoms with E-state index in [0.29, 0.717) is 0 Å². The summed E-state index contributed by atoms with van der Waals surface area (Å²) in [6, 6.07) is 4.78. The van der Waals surface area contributed by atoms with Crippen LogP contribution in [-0.4, -0.2) is 16.1 Å². The number of hydrogen-bond donors (Lipinski definition) is 1. The van der Waals surface area contributed by atoms with E-state index in [-0.39, 0.29) is 5.82 Å². The van der Waals surface area contributed by atoms with Gasteiger partial charge in [-0.1, -0.05) is 19.4 Å². The summed E-state index contributed by atoms with van der Waals surface area (Å²) in [6.07, 6.45) is 5.79. The molecule has 96 valence electrons. The first-order valence-corrected chi connectivity index (χ1v) is 6.26. The van der Waals surface area contributed by atoms with E-state index in [4.69, 9.17) is 0 Å². The smallest absolute Gasteiger partial charge is 0.207 e. The maximum Gasteiger partial charge on any atom is 0.207 e. The van der Waals surface area contributed by atoms with Crippen molar-refractivity contribution in [2.24, 2.45) is 0 Å². The summed E-state index contributed by atoms with van der Waals surface area (Å²) in [5.41, 5.74) is 1.85. The predicted octanol–water partition coefficient (Wildman–Crippen LogP) is 3.53. The second kappa shape index (κ2) is 5.67. The molecule has 3 nitrogen and oxygen atoms in total. The zero-order valence-electron chi connectivity index (χ0n) is 10.8. The molecule has 0 amide bonds. The SMILES string of the molecule is CCCCNc1nccn1-c1cc(F)ccc1C. The minimum Gasteiger partial charge on any atom is -0.355 e. The van der Waals surface area contributed by atoms with Gasteiger partial charge in [-0.3, -0.25) is 4.57 Å². The molecule has 0 saturated carbocycles. The molecule has 4 heteroatoms. The van der Waals surface area contributed by atoms with Crippen molar-refractivity contribution in [1.82, 2.24) is 9.55 Å². The molecule has 0 fully saturated rings. The predicted molar refractivity (Wildman–Crippen MR) is 71.7 cm³/mol. The van der Waals surface area contributed by atoms with Crippen molar-refractivity contribution in [2.75, 3.05) is 11.9 Å². The Kier molecular flexibility index (Phi) is 3.97. The molecule has 0 radical (unpaired) electrons. The monoisotopic (exact) mass is 247 g/mol. The summed E-state index contributed by atoms with van der Waals surface area (Å²) in [4.78, 5) is 4.26. The van der Waals surface area contributed by atoms with Crippen molar-refractivity contribution in [3.8, 4) is 5.69 Å². The van der Waals surface area contributed by atoms with Gasteiger partial charge in [-0.2, -0.15) is 0 Å². The third-order valence-electron chi connectivity index (χ3n) is 2.88. The lowest BCUT2D eigenvalue weighted by molar-refractivity contribution is 0.626. The zero-order valence-corrected chi connectivity index (χ0v) is 10.8. The van der Waals surface area contributed by atoms with Crippen LogP contribution in [0.3, 0.4) is 0 Å². The van der Waals surface area contributed by atoms with Gasteiger partial charge in [0.25, 0.3) is 0 Å². The van der Waals surface area contributed by atoms with E-state index in [0.717, 1.165) is 36.6 Å². The molecule has 0 spiro atoms. The quantitative estimate of drug-likeness (QED) is 0.819. The van der Waals surface area contributed by atoms with Crippen molar-refractivity contribution in [2.45, 2.75) is 26.7 Å². The molecule has 1 aromatic heterocycles. The number of aryl methyl sites for hydroxylation is 1. The zero-order chi connectivity index (χ0) is 13.0. The Labute approximate surface area is 107 Å². The van der Waals surface area contributed by atoms with Crippen molar-refractivity contribution in [3.63, 3.8) is 0 Å². The Hall–Kier alpha value is -1.84. The van der Waals surface area contributed by atoms with Crippen molar-refractivity contribution in [1.29, 1.82) is 0 Å². The Morgan fingerprint density at radius 1 is 1.39 bits per heavy atom. The van der Waals surface area contributed by atoms with Crippen LogP contribution >= 0.6 is 0 Å². The molecule has 1 heterocycles. The summed E-state index contributed by atoms with van der Waals surface area (Å²) < 4.78 is 15.2. The highest BCUT2D eigenvalue weighted by Crippen LogP contribution is 2.19. The maximum atomic E-state index is 13.3. The minimum atomic E-state index is -0.233. The number of unbranched alkanes of at least 4 members (excludes halogenated alkanes) is 1. The number of aromatic nitrogens is 2. The Bertz CT molecular complexity index is 520. The highest BCUT2D eigenvalue weighted by atomic mass is 19.1. The number of hydrogen-bond acceptors (Lipinski definition) is 2. The average Bonchev–Trinajstić information content (AvgIpc) is 2.81. The highest BCUT2D eigenvalue weighted by Gasteiger charge is 2.07. The second-order valence-electron chi connectivity index (χ2n) is 4.33. The molecular formula is C14H18FN3. The number of benzene rings is 1. The van der Waals surface area contributed by atoms with Crippen LogP contribution in [0.2, 0.25) is 0 Å². The van der Waals surface area contributed by atoms with E-state index in [2.05, 4.69) is 17.2 Å². The van der Waals surface area contributed by atoms with E-state index < -0.39 is 0 Å². The standard InChI is InChI=1S/C14H18FN3/c1-3-4-7-16-14-17-8-9-18(14)13-10-12(15)6-5-11(13)2/h5-6,8-10H,3-4,7H2,1-2H3,(H,16,17). The molecule has 0 aliphatic carbocycles. The van der Waals surface area contributed by atoms with Gasteiger partial charge in [0, 0.05) is 18.9 Å². The lowest BCUT2D eigenvalue weighted by Gasteiger charge is -2.12. The van der Waals surface area contributed by atoms with Gasteiger partial charge < -0.3 is 5.32 Å². The fourth-order valence-electron chi connectivity index (χ4n) is 1.85. The number of rotatable bonds is 5. The molecule has 0 unspecified atom stereocenters. The highest BCUT2D eigenvalue weighted by molar-refractivity contribution is 5.46. The molecule has 2 aromatic rings. The van der Waals surface area contributed by atoms with Crippen LogP contribution in [-0.2, 0) is 0 Å². The summed E-state index contributed by atoms with van der Waals surface area (Å²) in [7, 11) is 0. The maximum absolute atomic E-state index is 13.3. The number of imidazole rings is 1. The molecule has 2 rings (SSSR count). The summed E-state index contributed by atoms with van der Waals surface area (Å²) in [5.74, 6) is 0.529. The summed E-state index contributed by atoms with van der Waals surface area (Å²) >= 11 is 0. The molecule has 0 saturated heterocycles. The molecule has 0 bridgehead atoms. The molecular weight excluding hydrogens is 229 g/mol. The van der Waals surface area contributed by atoms with Gasteiger partial charge in [-0.05, 0) is 31.0 Å². The van der Waals surface area contributed by atoms with Gasteiger partial charge in [0.2, 0.25) is 5.95 Å². The number of nitrogens with zero attached hydrogens (tertiary/aromatic N) is 2. The van der Waals surface area contributed by atoms with E-state index in [9.17, 15) is 4.39 Å². The average molecular weight is 247 g/mol. The molecule has 18 heavy (non-hydrogen) atoms. The van der Waals surface area contributed by atoms with E-state index in [1.807, 2.05) is 17.7 Å². The minimum absolute atomic E-state index is 0.233. The van der Waals surface area contributed by atoms with Crippen LogP contribution in [0.5, 0.6) is 0 Å². The fourth-order valence-corrected chi connectivity index (χ4v) is 1.85. The number of halogens is 1. The van der Waals surface area contributed by atoms with E-state index >= 15 is 0 Å². The van der Waals surface area contributed by atoms with Gasteiger partial charge in [0.15, 0.2) is 0 Å². The van der Waals surface area contributed by atoms with Crippen LogP contribution in [0.1, 0.15) is 25.3 Å². The van der Waals surface area contributed by atoms with Gasteiger partial charge >= 0.3 is 0 Å². The van der Waals surface area contributed by atoms with Crippen LogP contribution in [0.25, 0.3) is 5.69 Å². The summed E-state index contributed by atoms with van der Waals surface area (Å²) in [5, 5.41) is 3.27. The van der Waals surface area contributed by atoms with Gasteiger partial charge in [-0.15, -0.1) is 0 Å². The third kappa shape index (κ3) is 2.70. The van der Waals surface area contributed by atoms with Gasteiger partial charge in [-0.25, -0.2) is 9.37 Å². The lowest BCUT2D eigenvalue weighted by atomic mass is 10.2. The molecule has 0 aliphatic rings. The molecule has 0 aliphatic heterocycles. The largest absolute Gasteiger partial charge is 0.355 e. The Morgan fingerprint density at radius 3 is 3.00 bits per heavy atom.